The van der Waals surface area contributed by atoms with Crippen molar-refractivity contribution in [3.05, 3.63) is 21.4 Å². The number of amides is 1. The molecule has 0 radical (unpaired) electrons. The number of nitrogens with one attached hydrogen (secondary N) is 1. The van der Waals surface area contributed by atoms with E-state index in [0.29, 0.717) is 6.04 Å². The Balaban J connectivity index is 1.80. The molecule has 3 nitrogen and oxygen atoms in total. The lowest BCUT2D eigenvalue weighted by molar-refractivity contribution is 0.0608. The van der Waals surface area contributed by atoms with E-state index in [0.717, 1.165) is 36.7 Å². The van der Waals surface area contributed by atoms with Gasteiger partial charge in [0.05, 0.1) is 4.88 Å². The Hall–Kier alpha value is -0.870. The number of hydrogen-bond donors (Lipinski definition) is 1. The van der Waals surface area contributed by atoms with E-state index in [1.54, 1.807) is 11.3 Å². The van der Waals surface area contributed by atoms with Crippen molar-refractivity contribution in [1.29, 1.82) is 0 Å². The molecule has 0 aromatic carbocycles. The van der Waals surface area contributed by atoms with E-state index in [9.17, 15) is 4.79 Å². The number of nitrogens with zero attached hydrogens (tertiary/aromatic N) is 1. The third-order valence-corrected chi connectivity index (χ3v) is 6.06. The minimum atomic E-state index is 0.234. The molecule has 110 valence electrons. The maximum Gasteiger partial charge on any atom is 0.264 e. The molecule has 3 rings (SSSR count). The number of aryl methyl sites for hydroxylation is 1. The van der Waals surface area contributed by atoms with Crippen molar-refractivity contribution >= 4 is 17.2 Å². The molecule has 1 aliphatic carbocycles. The maximum atomic E-state index is 12.8. The molecule has 1 aromatic rings. The van der Waals surface area contributed by atoms with E-state index in [-0.39, 0.29) is 11.9 Å². The second-order valence-corrected chi connectivity index (χ2v) is 7.53. The van der Waals surface area contributed by atoms with Gasteiger partial charge in [-0.05, 0) is 50.7 Å². The van der Waals surface area contributed by atoms with Crippen molar-refractivity contribution in [2.24, 2.45) is 5.92 Å². The summed E-state index contributed by atoms with van der Waals surface area (Å²) in [4.78, 5) is 17.2. The summed E-state index contributed by atoms with van der Waals surface area (Å²) in [5, 5.41) is 3.43. The predicted octanol–water partition coefficient (Wildman–Crippen LogP) is 2.70. The highest BCUT2D eigenvalue weighted by Gasteiger charge is 2.30. The molecule has 1 fully saturated rings. The maximum absolute atomic E-state index is 12.8. The Bertz CT molecular complexity index is 511. The van der Waals surface area contributed by atoms with Crippen LogP contribution in [0, 0.1) is 5.92 Å². The second-order valence-electron chi connectivity index (χ2n) is 6.39. The number of hydrogen-bond acceptors (Lipinski definition) is 3. The van der Waals surface area contributed by atoms with Gasteiger partial charge in [0.1, 0.15) is 0 Å². The van der Waals surface area contributed by atoms with Crippen LogP contribution < -0.4 is 5.32 Å². The van der Waals surface area contributed by atoms with Gasteiger partial charge in [-0.15, -0.1) is 11.3 Å². The Morgan fingerprint density at radius 1 is 1.40 bits per heavy atom. The van der Waals surface area contributed by atoms with Gasteiger partial charge in [-0.2, -0.15) is 0 Å². The van der Waals surface area contributed by atoms with Gasteiger partial charge >= 0.3 is 0 Å². The van der Waals surface area contributed by atoms with E-state index in [4.69, 9.17) is 0 Å². The van der Waals surface area contributed by atoms with Crippen molar-refractivity contribution < 1.29 is 4.79 Å². The summed E-state index contributed by atoms with van der Waals surface area (Å²) < 4.78 is 0. The standard InChI is InChI=1S/C16H24N2OS/c1-10-4-5-14-13(8-10)9-15(20-14)16(19)18-7-6-17-11(2)12(18)3/h9-12,17H,4-8H2,1-3H3. The number of carbonyl (C=O) groups is 1. The van der Waals surface area contributed by atoms with Crippen molar-refractivity contribution in [2.75, 3.05) is 13.1 Å². The molecule has 1 aliphatic heterocycles. The Morgan fingerprint density at radius 3 is 3.00 bits per heavy atom. The van der Waals surface area contributed by atoms with Crippen LogP contribution in [0.15, 0.2) is 6.07 Å². The first-order valence-corrected chi connectivity index (χ1v) is 8.54. The summed E-state index contributed by atoms with van der Waals surface area (Å²) in [6, 6.07) is 2.81. The second kappa shape index (κ2) is 5.49. The third-order valence-electron chi connectivity index (χ3n) is 4.84. The van der Waals surface area contributed by atoms with Crippen molar-refractivity contribution in [3.63, 3.8) is 0 Å². The van der Waals surface area contributed by atoms with Crippen LogP contribution in [0.3, 0.4) is 0 Å². The van der Waals surface area contributed by atoms with Crippen LogP contribution in [0.1, 0.15) is 47.3 Å². The first-order valence-electron chi connectivity index (χ1n) is 7.72. The van der Waals surface area contributed by atoms with E-state index in [1.807, 2.05) is 4.90 Å². The lowest BCUT2D eigenvalue weighted by Crippen LogP contribution is -2.57. The largest absolute Gasteiger partial charge is 0.332 e. The van der Waals surface area contributed by atoms with Crippen LogP contribution in [-0.2, 0) is 12.8 Å². The van der Waals surface area contributed by atoms with E-state index in [1.165, 1.54) is 16.9 Å². The first kappa shape index (κ1) is 14.1. The number of piperazine rings is 1. The minimum absolute atomic E-state index is 0.234. The van der Waals surface area contributed by atoms with Gasteiger partial charge in [0.15, 0.2) is 0 Å². The summed E-state index contributed by atoms with van der Waals surface area (Å²) >= 11 is 1.73. The van der Waals surface area contributed by atoms with Crippen molar-refractivity contribution in [3.8, 4) is 0 Å². The predicted molar refractivity (Wildman–Crippen MR) is 83.5 cm³/mol. The molecule has 2 heterocycles. The molecule has 1 aromatic heterocycles. The van der Waals surface area contributed by atoms with Crippen molar-refractivity contribution in [2.45, 2.75) is 52.1 Å². The van der Waals surface area contributed by atoms with Gasteiger partial charge in [-0.3, -0.25) is 4.79 Å². The fourth-order valence-electron chi connectivity index (χ4n) is 3.30. The molecule has 1 N–H and O–H groups in total. The summed E-state index contributed by atoms with van der Waals surface area (Å²) in [5.74, 6) is 0.996. The Morgan fingerprint density at radius 2 is 2.20 bits per heavy atom. The van der Waals surface area contributed by atoms with Gasteiger partial charge in [-0.25, -0.2) is 0 Å². The zero-order chi connectivity index (χ0) is 14.3. The molecule has 0 saturated carbocycles. The fraction of sp³-hybridized carbons (Fsp3) is 0.688. The van der Waals surface area contributed by atoms with Crippen molar-refractivity contribution in [1.82, 2.24) is 10.2 Å². The fourth-order valence-corrected chi connectivity index (χ4v) is 4.46. The number of carbonyl (C=O) groups excluding carboxylic acids is 1. The Labute approximate surface area is 125 Å². The zero-order valence-electron chi connectivity index (χ0n) is 12.6. The summed E-state index contributed by atoms with van der Waals surface area (Å²) in [6.07, 6.45) is 3.57. The third kappa shape index (κ3) is 2.51. The summed E-state index contributed by atoms with van der Waals surface area (Å²) in [6.45, 7) is 8.33. The topological polar surface area (TPSA) is 32.3 Å². The highest BCUT2D eigenvalue weighted by molar-refractivity contribution is 7.14. The molecular weight excluding hydrogens is 268 g/mol. The molecule has 1 saturated heterocycles. The minimum Gasteiger partial charge on any atom is -0.332 e. The highest BCUT2D eigenvalue weighted by atomic mass is 32.1. The van der Waals surface area contributed by atoms with Gasteiger partial charge < -0.3 is 10.2 Å². The average Bonchev–Trinajstić information content (AvgIpc) is 2.84. The number of fused-ring (bicyclic) bond motifs is 1. The molecule has 20 heavy (non-hydrogen) atoms. The number of rotatable bonds is 1. The molecule has 3 unspecified atom stereocenters. The highest BCUT2D eigenvalue weighted by Crippen LogP contribution is 2.33. The normalized spacial score (nSPS) is 30.1. The zero-order valence-corrected chi connectivity index (χ0v) is 13.4. The molecule has 0 spiro atoms. The van der Waals surface area contributed by atoms with Gasteiger partial charge in [0, 0.05) is 30.1 Å². The summed E-state index contributed by atoms with van der Waals surface area (Å²) in [5.41, 5.74) is 1.42. The lowest BCUT2D eigenvalue weighted by atomic mass is 9.90. The molecule has 1 amide bonds. The van der Waals surface area contributed by atoms with Crippen LogP contribution in [-0.4, -0.2) is 36.0 Å². The van der Waals surface area contributed by atoms with E-state index in [2.05, 4.69) is 32.2 Å². The monoisotopic (exact) mass is 292 g/mol. The van der Waals surface area contributed by atoms with E-state index < -0.39 is 0 Å². The summed E-state index contributed by atoms with van der Waals surface area (Å²) in [7, 11) is 0. The molecular formula is C16H24N2OS. The molecule has 4 heteroatoms. The molecule has 3 atom stereocenters. The average molecular weight is 292 g/mol. The number of thiophene rings is 1. The first-order chi connectivity index (χ1) is 9.56. The van der Waals surface area contributed by atoms with Gasteiger partial charge in [0.25, 0.3) is 5.91 Å². The van der Waals surface area contributed by atoms with Crippen LogP contribution in [0.4, 0.5) is 0 Å². The van der Waals surface area contributed by atoms with Crippen LogP contribution in [0.2, 0.25) is 0 Å². The van der Waals surface area contributed by atoms with Gasteiger partial charge in [-0.1, -0.05) is 6.92 Å². The quantitative estimate of drug-likeness (QED) is 0.863. The van der Waals surface area contributed by atoms with E-state index >= 15 is 0 Å². The van der Waals surface area contributed by atoms with Crippen LogP contribution in [0.25, 0.3) is 0 Å². The lowest BCUT2D eigenvalue weighted by Gasteiger charge is -2.38. The SMILES string of the molecule is CC1CCc2sc(C(=O)N3CCNC(C)C3C)cc2C1. The smallest absolute Gasteiger partial charge is 0.264 e. The molecule has 0 bridgehead atoms. The Kier molecular flexibility index (Phi) is 3.87. The van der Waals surface area contributed by atoms with Gasteiger partial charge in [0.2, 0.25) is 0 Å². The molecule has 2 aliphatic rings. The van der Waals surface area contributed by atoms with Crippen LogP contribution in [0.5, 0.6) is 0 Å². The van der Waals surface area contributed by atoms with Crippen LogP contribution >= 0.6 is 11.3 Å².